The zero-order valence-electron chi connectivity index (χ0n) is 10.3. The highest BCUT2D eigenvalue weighted by atomic mass is 32.2. The lowest BCUT2D eigenvalue weighted by molar-refractivity contribution is 0.887. The molecule has 2 rings (SSSR count). The molecule has 0 unspecified atom stereocenters. The first-order chi connectivity index (χ1) is 8.28. The lowest BCUT2D eigenvalue weighted by atomic mass is 10.2. The minimum Gasteiger partial charge on any atom is -0.245 e. The summed E-state index contributed by atoms with van der Waals surface area (Å²) in [5.74, 6) is 0.984. The van der Waals surface area contributed by atoms with Gasteiger partial charge in [-0.15, -0.1) is 23.1 Å². The second kappa shape index (κ2) is 6.22. The molecule has 0 aliphatic rings. The highest BCUT2D eigenvalue weighted by Crippen LogP contribution is 2.25. The molecule has 1 aromatic carbocycles. The average molecular weight is 263 g/mol. The fourth-order valence-corrected chi connectivity index (χ4v) is 3.50. The zero-order valence-corrected chi connectivity index (χ0v) is 11.9. The quantitative estimate of drug-likeness (QED) is 0.725. The van der Waals surface area contributed by atoms with Gasteiger partial charge >= 0.3 is 0 Å². The molecule has 90 valence electrons. The van der Waals surface area contributed by atoms with Crippen molar-refractivity contribution in [1.29, 1.82) is 0 Å². The van der Waals surface area contributed by atoms with Crippen molar-refractivity contribution in [3.05, 3.63) is 45.9 Å². The maximum Gasteiger partial charge on any atom is 0.103 e. The first-order valence-corrected chi connectivity index (χ1v) is 7.77. The molecule has 1 heterocycles. The van der Waals surface area contributed by atoms with Gasteiger partial charge in [-0.05, 0) is 25.5 Å². The Balaban J connectivity index is 1.93. The fourth-order valence-electron chi connectivity index (χ4n) is 1.64. The van der Waals surface area contributed by atoms with Crippen LogP contribution in [0.3, 0.4) is 0 Å². The number of thioether (sulfide) groups is 1. The summed E-state index contributed by atoms with van der Waals surface area (Å²) in [4.78, 5) is 5.97. The van der Waals surface area contributed by atoms with Crippen molar-refractivity contribution in [3.8, 4) is 0 Å². The number of nitrogens with zero attached hydrogens (tertiary/aromatic N) is 1. The topological polar surface area (TPSA) is 12.9 Å². The Morgan fingerprint density at radius 2 is 2.24 bits per heavy atom. The van der Waals surface area contributed by atoms with Crippen molar-refractivity contribution in [2.24, 2.45) is 0 Å². The molecule has 3 heteroatoms. The minimum atomic E-state index is 0.984. The molecule has 0 N–H and O–H groups in total. The summed E-state index contributed by atoms with van der Waals surface area (Å²) in [6.45, 7) is 4.33. The summed E-state index contributed by atoms with van der Waals surface area (Å²) >= 11 is 3.65. The van der Waals surface area contributed by atoms with E-state index in [9.17, 15) is 0 Å². The normalized spacial score (nSPS) is 10.7. The second-order valence-corrected chi connectivity index (χ2v) is 6.08. The maximum absolute atomic E-state index is 4.64. The Morgan fingerprint density at radius 1 is 1.35 bits per heavy atom. The molecule has 1 nitrogen and oxygen atoms in total. The van der Waals surface area contributed by atoms with E-state index in [0.29, 0.717) is 0 Å². The molecule has 0 radical (unpaired) electrons. The maximum atomic E-state index is 4.64. The lowest BCUT2D eigenvalue weighted by Crippen LogP contribution is -1.85. The van der Waals surface area contributed by atoms with Gasteiger partial charge in [0, 0.05) is 10.3 Å². The summed E-state index contributed by atoms with van der Waals surface area (Å²) in [6, 6.07) is 8.64. The molecule has 0 fully saturated rings. The number of aromatic nitrogens is 1. The molecule has 0 aliphatic carbocycles. The molecule has 17 heavy (non-hydrogen) atoms. The van der Waals surface area contributed by atoms with Gasteiger partial charge < -0.3 is 0 Å². The van der Waals surface area contributed by atoms with Crippen LogP contribution in [0.1, 0.15) is 29.6 Å². The van der Waals surface area contributed by atoms with Gasteiger partial charge in [-0.2, -0.15) is 0 Å². The Labute approximate surface area is 111 Å². The molecule has 0 bridgehead atoms. The predicted octanol–water partition coefficient (Wildman–Crippen LogP) is 4.70. The molecule has 2 aromatic rings. The monoisotopic (exact) mass is 263 g/mol. The van der Waals surface area contributed by atoms with E-state index in [0.717, 1.165) is 12.2 Å². The van der Waals surface area contributed by atoms with Gasteiger partial charge in [-0.25, -0.2) is 4.98 Å². The lowest BCUT2D eigenvalue weighted by Gasteiger charge is -2.00. The van der Waals surface area contributed by atoms with Crippen molar-refractivity contribution >= 4 is 23.1 Å². The van der Waals surface area contributed by atoms with Crippen molar-refractivity contribution in [2.75, 3.05) is 0 Å². The number of thiazole rings is 1. The second-order valence-electron chi connectivity index (χ2n) is 4.09. The van der Waals surface area contributed by atoms with Crippen LogP contribution in [0.4, 0.5) is 0 Å². The highest BCUT2D eigenvalue weighted by molar-refractivity contribution is 7.98. The zero-order chi connectivity index (χ0) is 12.1. The Morgan fingerprint density at radius 3 is 3.00 bits per heavy atom. The average Bonchev–Trinajstić information content (AvgIpc) is 2.75. The van der Waals surface area contributed by atoms with Gasteiger partial charge in [0.05, 0.1) is 11.4 Å². The van der Waals surface area contributed by atoms with Crippen molar-refractivity contribution in [2.45, 2.75) is 37.3 Å². The summed E-state index contributed by atoms with van der Waals surface area (Å²) in [5, 5.41) is 3.43. The van der Waals surface area contributed by atoms with Crippen molar-refractivity contribution < 1.29 is 0 Å². The molecular formula is C14H17NS2. The molecule has 0 saturated carbocycles. The third-order valence-electron chi connectivity index (χ3n) is 2.46. The van der Waals surface area contributed by atoms with Gasteiger partial charge in [0.25, 0.3) is 0 Å². The molecule has 1 aromatic heterocycles. The van der Waals surface area contributed by atoms with Gasteiger partial charge in [0.15, 0.2) is 0 Å². The molecule has 0 amide bonds. The van der Waals surface area contributed by atoms with E-state index in [1.165, 1.54) is 27.6 Å². The molecule has 0 atom stereocenters. The minimum absolute atomic E-state index is 0.984. The highest BCUT2D eigenvalue weighted by Gasteiger charge is 2.02. The molecule has 0 saturated heterocycles. The van der Waals surface area contributed by atoms with E-state index in [-0.39, 0.29) is 0 Å². The molecular weight excluding hydrogens is 246 g/mol. The van der Waals surface area contributed by atoms with Gasteiger partial charge in [-0.1, -0.05) is 31.0 Å². The van der Waals surface area contributed by atoms with E-state index in [1.807, 2.05) is 11.8 Å². The van der Waals surface area contributed by atoms with E-state index >= 15 is 0 Å². The Hall–Kier alpha value is -0.800. The predicted molar refractivity (Wildman–Crippen MR) is 76.8 cm³/mol. The summed E-state index contributed by atoms with van der Waals surface area (Å²) in [5.41, 5.74) is 2.57. The van der Waals surface area contributed by atoms with E-state index in [4.69, 9.17) is 0 Å². The molecule has 0 aliphatic heterocycles. The van der Waals surface area contributed by atoms with Gasteiger partial charge in [0.2, 0.25) is 0 Å². The van der Waals surface area contributed by atoms with Crippen LogP contribution in [-0.4, -0.2) is 4.98 Å². The SMILES string of the molecule is CCCc1csc(CSc2cccc(C)c2)n1. The number of rotatable bonds is 5. The third-order valence-corrected chi connectivity index (χ3v) is 4.54. The van der Waals surface area contributed by atoms with Crippen molar-refractivity contribution in [1.82, 2.24) is 4.98 Å². The van der Waals surface area contributed by atoms with E-state index < -0.39 is 0 Å². The smallest absolute Gasteiger partial charge is 0.103 e. The van der Waals surface area contributed by atoms with E-state index in [2.05, 4.69) is 48.5 Å². The van der Waals surface area contributed by atoms with Crippen molar-refractivity contribution in [3.63, 3.8) is 0 Å². The van der Waals surface area contributed by atoms with Crippen LogP contribution < -0.4 is 0 Å². The number of aryl methyl sites for hydroxylation is 2. The van der Waals surface area contributed by atoms with E-state index in [1.54, 1.807) is 11.3 Å². The number of hydrogen-bond acceptors (Lipinski definition) is 3. The van der Waals surface area contributed by atoms with Gasteiger partial charge in [-0.3, -0.25) is 0 Å². The van der Waals surface area contributed by atoms with Crippen LogP contribution in [-0.2, 0) is 12.2 Å². The molecule has 0 spiro atoms. The fraction of sp³-hybridized carbons (Fsp3) is 0.357. The Bertz CT molecular complexity index is 477. The largest absolute Gasteiger partial charge is 0.245 e. The standard InChI is InChI=1S/C14H17NS2/c1-3-5-12-9-17-14(15-12)10-16-13-7-4-6-11(2)8-13/h4,6-9H,3,5,10H2,1-2H3. The summed E-state index contributed by atoms with van der Waals surface area (Å²) in [6.07, 6.45) is 2.28. The Kier molecular flexibility index (Phi) is 4.63. The number of hydrogen-bond donors (Lipinski definition) is 0. The third kappa shape index (κ3) is 3.86. The first-order valence-electron chi connectivity index (χ1n) is 5.90. The van der Waals surface area contributed by atoms with Crippen LogP contribution >= 0.6 is 23.1 Å². The summed E-state index contributed by atoms with van der Waals surface area (Å²) < 4.78 is 0. The van der Waals surface area contributed by atoms with Crippen LogP contribution in [0.2, 0.25) is 0 Å². The van der Waals surface area contributed by atoms with Gasteiger partial charge in [0.1, 0.15) is 5.01 Å². The summed E-state index contributed by atoms with van der Waals surface area (Å²) in [7, 11) is 0. The first kappa shape index (κ1) is 12.7. The number of benzene rings is 1. The van der Waals surface area contributed by atoms with Crippen LogP contribution in [0.15, 0.2) is 34.5 Å². The van der Waals surface area contributed by atoms with Crippen LogP contribution in [0.25, 0.3) is 0 Å². The van der Waals surface area contributed by atoms with Crippen LogP contribution in [0.5, 0.6) is 0 Å². The van der Waals surface area contributed by atoms with Crippen LogP contribution in [0, 0.1) is 6.92 Å².